The number of carbonyl (C=O) groups is 1. The molecule has 19 heavy (non-hydrogen) atoms. The highest BCUT2D eigenvalue weighted by Crippen LogP contribution is 2.34. The maximum absolute atomic E-state index is 12.2. The van der Waals surface area contributed by atoms with Crippen molar-refractivity contribution in [3.8, 4) is 0 Å². The monoisotopic (exact) mass is 267 g/mol. The van der Waals surface area contributed by atoms with E-state index in [0.29, 0.717) is 19.1 Å². The molecule has 4 heteroatoms. The van der Waals surface area contributed by atoms with E-state index in [0.717, 1.165) is 32.2 Å². The van der Waals surface area contributed by atoms with E-state index in [1.807, 2.05) is 0 Å². The molecule has 2 rings (SSSR count). The SMILES string of the molecule is CCN(CC(=O)NC1CCCC1)C1(CN)CCCC1. The highest BCUT2D eigenvalue weighted by Gasteiger charge is 2.38. The Hall–Kier alpha value is -0.610. The third kappa shape index (κ3) is 3.48. The van der Waals surface area contributed by atoms with Crippen LogP contribution in [-0.4, -0.2) is 42.0 Å². The first kappa shape index (κ1) is 14.8. The molecule has 0 aromatic carbocycles. The molecule has 110 valence electrons. The van der Waals surface area contributed by atoms with E-state index in [4.69, 9.17) is 5.73 Å². The minimum absolute atomic E-state index is 0.0851. The van der Waals surface area contributed by atoms with Crippen LogP contribution in [0, 0.1) is 0 Å². The number of nitrogens with zero attached hydrogens (tertiary/aromatic N) is 1. The molecule has 0 radical (unpaired) electrons. The van der Waals surface area contributed by atoms with E-state index >= 15 is 0 Å². The first-order valence-corrected chi connectivity index (χ1v) is 7.94. The molecular formula is C15H29N3O. The van der Waals surface area contributed by atoms with E-state index in [2.05, 4.69) is 17.1 Å². The summed E-state index contributed by atoms with van der Waals surface area (Å²) in [6.45, 7) is 4.25. The van der Waals surface area contributed by atoms with Gasteiger partial charge in [0.05, 0.1) is 6.54 Å². The highest BCUT2D eigenvalue weighted by molar-refractivity contribution is 5.78. The summed E-state index contributed by atoms with van der Waals surface area (Å²) in [6, 6.07) is 0.420. The van der Waals surface area contributed by atoms with Crippen LogP contribution in [0.15, 0.2) is 0 Å². The molecule has 3 N–H and O–H groups in total. The molecule has 1 amide bonds. The van der Waals surface area contributed by atoms with Crippen molar-refractivity contribution in [3.05, 3.63) is 0 Å². The largest absolute Gasteiger partial charge is 0.352 e. The third-order valence-corrected chi connectivity index (χ3v) is 5.02. The van der Waals surface area contributed by atoms with Crippen molar-refractivity contribution in [3.63, 3.8) is 0 Å². The topological polar surface area (TPSA) is 58.4 Å². The Morgan fingerprint density at radius 3 is 2.42 bits per heavy atom. The van der Waals surface area contributed by atoms with Crippen molar-refractivity contribution in [2.24, 2.45) is 5.73 Å². The fourth-order valence-corrected chi connectivity index (χ4v) is 3.81. The predicted molar refractivity (Wildman–Crippen MR) is 77.9 cm³/mol. The normalized spacial score (nSPS) is 23.1. The summed E-state index contributed by atoms with van der Waals surface area (Å²) >= 11 is 0. The van der Waals surface area contributed by atoms with Gasteiger partial charge >= 0.3 is 0 Å². The maximum Gasteiger partial charge on any atom is 0.234 e. The second-order valence-corrected chi connectivity index (χ2v) is 6.20. The van der Waals surface area contributed by atoms with Crippen LogP contribution in [0.3, 0.4) is 0 Å². The molecule has 0 bridgehead atoms. The lowest BCUT2D eigenvalue weighted by molar-refractivity contribution is -0.124. The van der Waals surface area contributed by atoms with Gasteiger partial charge in [-0.25, -0.2) is 0 Å². The van der Waals surface area contributed by atoms with Gasteiger partial charge in [-0.05, 0) is 32.2 Å². The Morgan fingerprint density at radius 2 is 1.89 bits per heavy atom. The molecule has 2 fully saturated rings. The summed E-state index contributed by atoms with van der Waals surface area (Å²) in [4.78, 5) is 14.5. The number of likely N-dealkylation sites (N-methyl/N-ethyl adjacent to an activating group) is 1. The predicted octanol–water partition coefficient (Wildman–Crippen LogP) is 1.64. The minimum Gasteiger partial charge on any atom is -0.352 e. The van der Waals surface area contributed by atoms with Crippen LogP contribution in [0.2, 0.25) is 0 Å². The third-order valence-electron chi connectivity index (χ3n) is 5.02. The van der Waals surface area contributed by atoms with Crippen LogP contribution >= 0.6 is 0 Å². The van der Waals surface area contributed by atoms with Crippen LogP contribution in [0.25, 0.3) is 0 Å². The van der Waals surface area contributed by atoms with Gasteiger partial charge in [0.15, 0.2) is 0 Å². The lowest BCUT2D eigenvalue weighted by atomic mass is 9.95. The summed E-state index contributed by atoms with van der Waals surface area (Å²) in [5, 5.41) is 3.19. The van der Waals surface area contributed by atoms with Crippen molar-refractivity contribution in [1.29, 1.82) is 0 Å². The molecule has 0 atom stereocenters. The van der Waals surface area contributed by atoms with E-state index < -0.39 is 0 Å². The molecule has 0 unspecified atom stereocenters. The van der Waals surface area contributed by atoms with E-state index in [1.165, 1.54) is 25.7 Å². The molecule has 2 aliphatic carbocycles. The molecule has 0 saturated heterocycles. The smallest absolute Gasteiger partial charge is 0.234 e. The number of nitrogens with two attached hydrogens (primary N) is 1. The zero-order valence-corrected chi connectivity index (χ0v) is 12.3. The summed E-state index contributed by atoms with van der Waals surface area (Å²) in [5.41, 5.74) is 6.10. The molecular weight excluding hydrogens is 238 g/mol. The van der Waals surface area contributed by atoms with Crippen LogP contribution in [0.4, 0.5) is 0 Å². The number of amides is 1. The summed E-state index contributed by atoms with van der Waals surface area (Å²) < 4.78 is 0. The van der Waals surface area contributed by atoms with Gasteiger partial charge in [0.25, 0.3) is 0 Å². The quantitative estimate of drug-likeness (QED) is 0.769. The van der Waals surface area contributed by atoms with Crippen molar-refractivity contribution >= 4 is 5.91 Å². The number of nitrogens with one attached hydrogen (secondary N) is 1. The Balaban J connectivity index is 1.88. The van der Waals surface area contributed by atoms with Crippen LogP contribution in [-0.2, 0) is 4.79 Å². The minimum atomic E-state index is 0.0851. The zero-order valence-electron chi connectivity index (χ0n) is 12.3. The van der Waals surface area contributed by atoms with Crippen molar-refractivity contribution in [1.82, 2.24) is 10.2 Å². The van der Waals surface area contributed by atoms with E-state index in [1.54, 1.807) is 0 Å². The van der Waals surface area contributed by atoms with Crippen molar-refractivity contribution < 1.29 is 4.79 Å². The Morgan fingerprint density at radius 1 is 1.26 bits per heavy atom. The second kappa shape index (κ2) is 6.71. The standard InChI is InChI=1S/C15H29N3O/c1-2-18(15(12-16)9-5-6-10-15)11-14(19)17-13-7-3-4-8-13/h13H,2-12,16H2,1H3,(H,17,19). The zero-order chi connectivity index (χ0) is 13.7. The average molecular weight is 267 g/mol. The molecule has 0 aromatic heterocycles. The first-order valence-electron chi connectivity index (χ1n) is 7.94. The fraction of sp³-hybridized carbons (Fsp3) is 0.933. The van der Waals surface area contributed by atoms with Crippen molar-refractivity contribution in [2.45, 2.75) is 69.9 Å². The average Bonchev–Trinajstić information content (AvgIpc) is 3.07. The van der Waals surface area contributed by atoms with Gasteiger partial charge in [0.2, 0.25) is 5.91 Å². The van der Waals surface area contributed by atoms with Crippen LogP contribution < -0.4 is 11.1 Å². The summed E-state index contributed by atoms with van der Waals surface area (Å²) in [7, 11) is 0. The summed E-state index contributed by atoms with van der Waals surface area (Å²) in [6.07, 6.45) is 9.61. The Kier molecular flexibility index (Phi) is 5.22. The molecule has 0 spiro atoms. The maximum atomic E-state index is 12.2. The van der Waals surface area contributed by atoms with Gasteiger partial charge in [-0.1, -0.05) is 32.6 Å². The molecule has 2 saturated carbocycles. The molecule has 2 aliphatic rings. The Labute approximate surface area is 117 Å². The molecule has 0 heterocycles. The number of carbonyl (C=O) groups excluding carboxylic acids is 1. The Bertz CT molecular complexity index is 294. The van der Waals surface area contributed by atoms with Crippen molar-refractivity contribution in [2.75, 3.05) is 19.6 Å². The lowest BCUT2D eigenvalue weighted by Gasteiger charge is -2.39. The fourth-order valence-electron chi connectivity index (χ4n) is 3.81. The number of hydrogen-bond acceptors (Lipinski definition) is 3. The van der Waals surface area contributed by atoms with Gasteiger partial charge in [-0.15, -0.1) is 0 Å². The highest BCUT2D eigenvalue weighted by atomic mass is 16.2. The van der Waals surface area contributed by atoms with E-state index in [9.17, 15) is 4.79 Å². The molecule has 0 aliphatic heterocycles. The van der Waals surface area contributed by atoms with Gasteiger partial charge in [0, 0.05) is 18.1 Å². The lowest BCUT2D eigenvalue weighted by Crippen LogP contribution is -2.55. The first-order chi connectivity index (χ1) is 9.20. The van der Waals surface area contributed by atoms with Crippen LogP contribution in [0.5, 0.6) is 0 Å². The molecule has 0 aromatic rings. The van der Waals surface area contributed by atoms with Gasteiger partial charge in [-0.3, -0.25) is 9.69 Å². The van der Waals surface area contributed by atoms with Gasteiger partial charge < -0.3 is 11.1 Å². The summed E-state index contributed by atoms with van der Waals surface area (Å²) in [5.74, 6) is 0.188. The number of rotatable bonds is 6. The van der Waals surface area contributed by atoms with Gasteiger partial charge in [-0.2, -0.15) is 0 Å². The van der Waals surface area contributed by atoms with Gasteiger partial charge in [0.1, 0.15) is 0 Å². The second-order valence-electron chi connectivity index (χ2n) is 6.20. The molecule has 4 nitrogen and oxygen atoms in total. The van der Waals surface area contributed by atoms with E-state index in [-0.39, 0.29) is 11.4 Å². The number of hydrogen-bond donors (Lipinski definition) is 2. The van der Waals surface area contributed by atoms with Crippen LogP contribution in [0.1, 0.15) is 58.3 Å².